The summed E-state index contributed by atoms with van der Waals surface area (Å²) in [4.78, 5) is 11.3. The number of hydrogen-bond acceptors (Lipinski definition) is 1. The van der Waals surface area contributed by atoms with E-state index in [1.807, 2.05) is 12.1 Å². The molecule has 0 N–H and O–H groups in total. The molecule has 19 heavy (non-hydrogen) atoms. The van der Waals surface area contributed by atoms with Crippen LogP contribution in [0.25, 0.3) is 0 Å². The zero-order valence-corrected chi connectivity index (χ0v) is 11.4. The number of hydrogen-bond donors (Lipinski definition) is 0. The van der Waals surface area contributed by atoms with E-state index in [0.717, 1.165) is 5.56 Å². The van der Waals surface area contributed by atoms with Gasteiger partial charge in [-0.05, 0) is 43.2 Å². The van der Waals surface area contributed by atoms with Crippen molar-refractivity contribution in [2.75, 3.05) is 0 Å². The second kappa shape index (κ2) is 4.65. The molecule has 3 rings (SSSR count). The molecule has 0 heterocycles. The van der Waals surface area contributed by atoms with Crippen molar-refractivity contribution in [1.82, 2.24) is 0 Å². The molecule has 0 radical (unpaired) electrons. The van der Waals surface area contributed by atoms with E-state index < -0.39 is 0 Å². The Balaban J connectivity index is 1.75. The third-order valence-electron chi connectivity index (χ3n) is 4.04. The summed E-state index contributed by atoms with van der Waals surface area (Å²) in [5.41, 5.74) is 4.91. The van der Waals surface area contributed by atoms with E-state index in [1.54, 1.807) is 6.92 Å². The lowest BCUT2D eigenvalue weighted by Gasteiger charge is -2.03. The Labute approximate surface area is 114 Å². The number of Topliss-reactive ketones (excluding diaryl/α,β-unsaturated/α-hetero) is 1. The van der Waals surface area contributed by atoms with E-state index in [9.17, 15) is 4.79 Å². The van der Waals surface area contributed by atoms with Crippen molar-refractivity contribution in [3.8, 4) is 0 Å². The molecule has 0 spiro atoms. The van der Waals surface area contributed by atoms with Crippen LogP contribution in [0.15, 0.2) is 48.5 Å². The summed E-state index contributed by atoms with van der Waals surface area (Å²) < 4.78 is 0. The second-order valence-electron chi connectivity index (χ2n) is 5.54. The van der Waals surface area contributed by atoms with E-state index in [0.29, 0.717) is 11.8 Å². The van der Waals surface area contributed by atoms with E-state index in [2.05, 4.69) is 43.3 Å². The van der Waals surface area contributed by atoms with Crippen molar-refractivity contribution in [2.24, 2.45) is 0 Å². The SMILES string of the molecule is CC(=O)c1ccc([C@H]2C[C@@H]2c2ccc(C)cc2)cc1. The first kappa shape index (κ1) is 12.2. The predicted octanol–water partition coefficient (Wildman–Crippen LogP) is 4.47. The monoisotopic (exact) mass is 250 g/mol. The molecule has 2 atom stereocenters. The van der Waals surface area contributed by atoms with Crippen LogP contribution in [0.1, 0.15) is 52.2 Å². The number of carbonyl (C=O) groups excluding carboxylic acids is 1. The molecule has 1 nitrogen and oxygen atoms in total. The van der Waals surface area contributed by atoms with Crippen LogP contribution in [0.4, 0.5) is 0 Å². The Morgan fingerprint density at radius 1 is 0.895 bits per heavy atom. The molecular weight excluding hydrogens is 232 g/mol. The van der Waals surface area contributed by atoms with Crippen LogP contribution < -0.4 is 0 Å². The molecule has 1 aliphatic carbocycles. The van der Waals surface area contributed by atoms with Crippen molar-refractivity contribution in [2.45, 2.75) is 32.1 Å². The molecule has 1 saturated carbocycles. The van der Waals surface area contributed by atoms with Gasteiger partial charge in [0.15, 0.2) is 5.78 Å². The van der Waals surface area contributed by atoms with Gasteiger partial charge >= 0.3 is 0 Å². The molecule has 0 saturated heterocycles. The van der Waals surface area contributed by atoms with Gasteiger partial charge in [-0.2, -0.15) is 0 Å². The molecule has 0 amide bonds. The first-order valence-electron chi connectivity index (χ1n) is 6.82. The molecule has 96 valence electrons. The largest absolute Gasteiger partial charge is 0.295 e. The van der Waals surface area contributed by atoms with Crippen LogP contribution >= 0.6 is 0 Å². The second-order valence-corrected chi connectivity index (χ2v) is 5.54. The summed E-state index contributed by atoms with van der Waals surface area (Å²) >= 11 is 0. The van der Waals surface area contributed by atoms with Gasteiger partial charge in [0.2, 0.25) is 0 Å². The molecule has 1 heteroatoms. The fraction of sp³-hybridized carbons (Fsp3) is 0.278. The number of ketones is 1. The minimum Gasteiger partial charge on any atom is -0.295 e. The zero-order chi connectivity index (χ0) is 13.4. The topological polar surface area (TPSA) is 17.1 Å². The molecule has 0 aliphatic heterocycles. The molecule has 1 fully saturated rings. The van der Waals surface area contributed by atoms with Crippen LogP contribution in [0.3, 0.4) is 0 Å². The highest BCUT2D eigenvalue weighted by Gasteiger charge is 2.39. The Hall–Kier alpha value is -1.89. The molecular formula is C18H18O. The lowest BCUT2D eigenvalue weighted by Crippen LogP contribution is -1.92. The molecule has 1 aliphatic rings. The molecule has 0 aromatic heterocycles. The van der Waals surface area contributed by atoms with Gasteiger partial charge in [0.05, 0.1) is 0 Å². The Morgan fingerprint density at radius 2 is 1.37 bits per heavy atom. The Kier molecular flexibility index (Phi) is 2.98. The average molecular weight is 250 g/mol. The lowest BCUT2D eigenvalue weighted by atomic mass is 10.0. The van der Waals surface area contributed by atoms with Crippen LogP contribution in [0.2, 0.25) is 0 Å². The fourth-order valence-corrected chi connectivity index (χ4v) is 2.71. The zero-order valence-electron chi connectivity index (χ0n) is 11.4. The van der Waals surface area contributed by atoms with E-state index >= 15 is 0 Å². The van der Waals surface area contributed by atoms with Gasteiger partial charge in [0, 0.05) is 5.56 Å². The lowest BCUT2D eigenvalue weighted by molar-refractivity contribution is 0.101. The summed E-state index contributed by atoms with van der Waals surface area (Å²) in [7, 11) is 0. The van der Waals surface area contributed by atoms with Crippen LogP contribution in [-0.4, -0.2) is 5.78 Å². The Morgan fingerprint density at radius 3 is 1.84 bits per heavy atom. The van der Waals surface area contributed by atoms with E-state index in [4.69, 9.17) is 0 Å². The minimum absolute atomic E-state index is 0.137. The number of benzene rings is 2. The van der Waals surface area contributed by atoms with E-state index in [1.165, 1.54) is 23.1 Å². The standard InChI is InChI=1S/C18H18O/c1-12-3-5-15(6-4-12)17-11-18(17)16-9-7-14(8-10-16)13(2)19/h3-10,17-18H,11H2,1-2H3/t17-,18-/m1/s1. The third-order valence-corrected chi connectivity index (χ3v) is 4.04. The van der Waals surface area contributed by atoms with Crippen molar-refractivity contribution >= 4 is 5.78 Å². The van der Waals surface area contributed by atoms with Crippen LogP contribution in [-0.2, 0) is 0 Å². The Bertz CT molecular complexity index is 593. The van der Waals surface area contributed by atoms with Gasteiger partial charge in [-0.25, -0.2) is 0 Å². The number of aryl methyl sites for hydroxylation is 1. The highest BCUT2D eigenvalue weighted by molar-refractivity contribution is 5.94. The van der Waals surface area contributed by atoms with Crippen molar-refractivity contribution in [3.05, 3.63) is 70.8 Å². The van der Waals surface area contributed by atoms with Gasteiger partial charge < -0.3 is 0 Å². The minimum atomic E-state index is 0.137. The fourth-order valence-electron chi connectivity index (χ4n) is 2.71. The summed E-state index contributed by atoms with van der Waals surface area (Å²) in [5.74, 6) is 1.42. The summed E-state index contributed by atoms with van der Waals surface area (Å²) in [5, 5.41) is 0. The molecule has 2 aromatic carbocycles. The summed E-state index contributed by atoms with van der Waals surface area (Å²) in [6.45, 7) is 3.73. The van der Waals surface area contributed by atoms with Crippen molar-refractivity contribution in [1.29, 1.82) is 0 Å². The molecule has 2 aromatic rings. The quantitative estimate of drug-likeness (QED) is 0.735. The number of rotatable bonds is 3. The third kappa shape index (κ3) is 2.46. The van der Waals surface area contributed by atoms with Gasteiger partial charge in [-0.1, -0.05) is 54.1 Å². The summed E-state index contributed by atoms with van der Waals surface area (Å²) in [6.07, 6.45) is 1.22. The first-order chi connectivity index (χ1) is 9.15. The first-order valence-corrected chi connectivity index (χ1v) is 6.82. The summed E-state index contributed by atoms with van der Waals surface area (Å²) in [6, 6.07) is 17.0. The smallest absolute Gasteiger partial charge is 0.159 e. The normalized spacial score (nSPS) is 21.2. The van der Waals surface area contributed by atoms with Crippen LogP contribution in [0.5, 0.6) is 0 Å². The molecule has 0 unspecified atom stereocenters. The van der Waals surface area contributed by atoms with Gasteiger partial charge in [0.25, 0.3) is 0 Å². The highest BCUT2D eigenvalue weighted by atomic mass is 16.1. The van der Waals surface area contributed by atoms with Crippen molar-refractivity contribution < 1.29 is 4.79 Å². The van der Waals surface area contributed by atoms with Gasteiger partial charge in [-0.3, -0.25) is 4.79 Å². The maximum atomic E-state index is 11.3. The van der Waals surface area contributed by atoms with Gasteiger partial charge in [0.1, 0.15) is 0 Å². The maximum Gasteiger partial charge on any atom is 0.159 e. The van der Waals surface area contributed by atoms with Crippen molar-refractivity contribution in [3.63, 3.8) is 0 Å². The molecule has 0 bridgehead atoms. The average Bonchev–Trinajstić information content (AvgIpc) is 3.20. The highest BCUT2D eigenvalue weighted by Crippen LogP contribution is 2.54. The van der Waals surface area contributed by atoms with E-state index in [-0.39, 0.29) is 5.78 Å². The maximum absolute atomic E-state index is 11.3. The number of carbonyl (C=O) groups is 1. The van der Waals surface area contributed by atoms with Gasteiger partial charge in [-0.15, -0.1) is 0 Å². The predicted molar refractivity (Wildman–Crippen MR) is 77.7 cm³/mol. The van der Waals surface area contributed by atoms with Crippen LogP contribution in [0, 0.1) is 6.92 Å².